The summed E-state index contributed by atoms with van der Waals surface area (Å²) in [5.41, 5.74) is 2.20. The second kappa shape index (κ2) is 8.10. The van der Waals surface area contributed by atoms with E-state index < -0.39 is 5.97 Å². The topological polar surface area (TPSA) is 86.1 Å². The summed E-state index contributed by atoms with van der Waals surface area (Å²) in [6.45, 7) is 9.89. The van der Waals surface area contributed by atoms with Crippen molar-refractivity contribution < 1.29 is 14.3 Å². The van der Waals surface area contributed by atoms with Gasteiger partial charge in [0, 0.05) is 16.3 Å². The summed E-state index contributed by atoms with van der Waals surface area (Å²) in [7, 11) is 0. The van der Waals surface area contributed by atoms with E-state index >= 15 is 0 Å². The maximum Gasteiger partial charge on any atom is 0.341 e. The molecule has 3 aromatic rings. The molecule has 0 saturated carbocycles. The Kier molecular flexibility index (Phi) is 5.79. The van der Waals surface area contributed by atoms with Gasteiger partial charge in [0.05, 0.1) is 29.6 Å². The van der Waals surface area contributed by atoms with Gasteiger partial charge in [-0.25, -0.2) is 14.5 Å². The molecule has 0 bridgehead atoms. The average molecular weight is 401 g/mol. The van der Waals surface area contributed by atoms with E-state index in [1.54, 1.807) is 32.2 Å². The number of nitrogens with zero attached hydrogens (tertiary/aromatic N) is 3. The normalized spacial score (nSPS) is 11.2. The van der Waals surface area contributed by atoms with Gasteiger partial charge in [-0.3, -0.25) is 4.79 Å². The number of carbonyl (C=O) groups is 2. The van der Waals surface area contributed by atoms with Crippen LogP contribution in [0.5, 0.6) is 0 Å². The maximum absolute atomic E-state index is 12.9. The molecule has 0 saturated heterocycles. The van der Waals surface area contributed by atoms with Crippen LogP contribution in [0, 0.1) is 6.92 Å². The molecule has 3 rings (SSSR count). The molecule has 1 amide bonds. The minimum absolute atomic E-state index is 0.176. The van der Waals surface area contributed by atoms with Crippen molar-refractivity contribution in [2.24, 2.45) is 0 Å². The standard InChI is InChI=1S/C20H24N4O3S/c1-6-14-9-16(20(26)27-7-2)19(28-14)23-18(25)15-8-13-10-21-24(11(3)4)17(13)22-12(15)5/h8-11H,6-7H2,1-5H3,(H,23,25). The molecule has 3 aromatic heterocycles. The number of rotatable bonds is 6. The number of fused-ring (bicyclic) bond motifs is 1. The maximum atomic E-state index is 12.9. The number of ether oxygens (including phenoxy) is 1. The Hall–Kier alpha value is -2.74. The Morgan fingerprint density at radius 1 is 1.25 bits per heavy atom. The largest absolute Gasteiger partial charge is 0.462 e. The molecule has 28 heavy (non-hydrogen) atoms. The van der Waals surface area contributed by atoms with Crippen molar-refractivity contribution in [3.8, 4) is 0 Å². The molecule has 0 spiro atoms. The fourth-order valence-electron chi connectivity index (χ4n) is 2.91. The van der Waals surface area contributed by atoms with Gasteiger partial charge >= 0.3 is 5.97 Å². The van der Waals surface area contributed by atoms with Gasteiger partial charge in [-0.05, 0) is 46.2 Å². The minimum atomic E-state index is -0.433. The third-order valence-electron chi connectivity index (χ3n) is 4.35. The molecule has 0 fully saturated rings. The molecule has 3 heterocycles. The van der Waals surface area contributed by atoms with Crippen molar-refractivity contribution in [2.75, 3.05) is 11.9 Å². The molecule has 0 aromatic carbocycles. The Balaban J connectivity index is 1.94. The number of anilines is 1. The van der Waals surface area contributed by atoms with Crippen LogP contribution >= 0.6 is 11.3 Å². The highest BCUT2D eigenvalue weighted by molar-refractivity contribution is 7.16. The first kappa shape index (κ1) is 20.0. The number of hydrogen-bond donors (Lipinski definition) is 1. The molecule has 0 radical (unpaired) electrons. The summed E-state index contributed by atoms with van der Waals surface area (Å²) in [4.78, 5) is 30.7. The van der Waals surface area contributed by atoms with E-state index in [9.17, 15) is 9.59 Å². The van der Waals surface area contributed by atoms with Crippen LogP contribution in [0.4, 0.5) is 5.00 Å². The van der Waals surface area contributed by atoms with Crippen molar-refractivity contribution in [1.82, 2.24) is 14.8 Å². The highest BCUT2D eigenvalue weighted by Crippen LogP contribution is 2.30. The lowest BCUT2D eigenvalue weighted by molar-refractivity contribution is 0.0528. The van der Waals surface area contributed by atoms with Crippen molar-refractivity contribution in [2.45, 2.75) is 47.1 Å². The molecular weight excluding hydrogens is 376 g/mol. The quantitative estimate of drug-likeness (QED) is 0.621. The summed E-state index contributed by atoms with van der Waals surface area (Å²) >= 11 is 1.38. The van der Waals surface area contributed by atoms with E-state index in [1.165, 1.54) is 11.3 Å². The van der Waals surface area contributed by atoms with Crippen LogP contribution in [0.25, 0.3) is 11.0 Å². The number of pyridine rings is 1. The van der Waals surface area contributed by atoms with Crippen molar-refractivity contribution >= 4 is 39.2 Å². The summed E-state index contributed by atoms with van der Waals surface area (Å²) in [6.07, 6.45) is 2.48. The summed E-state index contributed by atoms with van der Waals surface area (Å²) in [5, 5.41) is 8.52. The number of hydrogen-bond acceptors (Lipinski definition) is 6. The lowest BCUT2D eigenvalue weighted by Crippen LogP contribution is -2.16. The molecule has 7 nitrogen and oxygen atoms in total. The lowest BCUT2D eigenvalue weighted by Gasteiger charge is -2.10. The molecule has 0 aliphatic heterocycles. The van der Waals surface area contributed by atoms with Crippen LogP contribution < -0.4 is 5.32 Å². The summed E-state index contributed by atoms with van der Waals surface area (Å²) in [6, 6.07) is 3.74. The molecule has 8 heteroatoms. The van der Waals surface area contributed by atoms with Crippen molar-refractivity contribution in [1.29, 1.82) is 0 Å². The van der Waals surface area contributed by atoms with E-state index in [4.69, 9.17) is 4.74 Å². The third kappa shape index (κ3) is 3.77. The molecule has 0 aliphatic rings. The van der Waals surface area contributed by atoms with Gasteiger partial charge in [0.15, 0.2) is 5.65 Å². The van der Waals surface area contributed by atoms with Crippen LogP contribution in [0.2, 0.25) is 0 Å². The zero-order valence-electron chi connectivity index (χ0n) is 16.7. The first-order valence-electron chi connectivity index (χ1n) is 9.31. The van der Waals surface area contributed by atoms with E-state index in [0.717, 1.165) is 22.3 Å². The fraction of sp³-hybridized carbons (Fsp3) is 0.400. The fourth-order valence-corrected chi connectivity index (χ4v) is 3.89. The highest BCUT2D eigenvalue weighted by Gasteiger charge is 2.21. The Morgan fingerprint density at radius 3 is 2.64 bits per heavy atom. The lowest BCUT2D eigenvalue weighted by atomic mass is 10.1. The van der Waals surface area contributed by atoms with Crippen LogP contribution in [0.1, 0.15) is 65.0 Å². The van der Waals surface area contributed by atoms with Crippen molar-refractivity contribution in [3.05, 3.63) is 40.0 Å². The monoisotopic (exact) mass is 400 g/mol. The van der Waals surface area contributed by atoms with E-state index in [-0.39, 0.29) is 18.6 Å². The molecule has 0 atom stereocenters. The second-order valence-corrected chi connectivity index (χ2v) is 7.84. The van der Waals surface area contributed by atoms with Crippen LogP contribution in [-0.4, -0.2) is 33.2 Å². The average Bonchev–Trinajstić information content (AvgIpc) is 3.24. The van der Waals surface area contributed by atoms with Gasteiger partial charge in [-0.2, -0.15) is 5.10 Å². The molecule has 148 valence electrons. The van der Waals surface area contributed by atoms with Gasteiger partial charge in [0.25, 0.3) is 5.91 Å². The number of aromatic nitrogens is 3. The number of nitrogens with one attached hydrogen (secondary N) is 1. The van der Waals surface area contributed by atoms with Gasteiger partial charge < -0.3 is 10.1 Å². The van der Waals surface area contributed by atoms with Gasteiger partial charge in [0.2, 0.25) is 0 Å². The van der Waals surface area contributed by atoms with Gasteiger partial charge in [0.1, 0.15) is 5.00 Å². The number of amides is 1. The zero-order chi connectivity index (χ0) is 20.4. The number of esters is 1. The first-order chi connectivity index (χ1) is 13.3. The van der Waals surface area contributed by atoms with Crippen LogP contribution in [0.15, 0.2) is 18.3 Å². The van der Waals surface area contributed by atoms with Crippen LogP contribution in [-0.2, 0) is 11.2 Å². The van der Waals surface area contributed by atoms with Crippen molar-refractivity contribution in [3.63, 3.8) is 0 Å². The zero-order valence-corrected chi connectivity index (χ0v) is 17.5. The number of aryl methyl sites for hydroxylation is 2. The van der Waals surface area contributed by atoms with Crippen LogP contribution in [0.3, 0.4) is 0 Å². The third-order valence-corrected chi connectivity index (χ3v) is 5.54. The van der Waals surface area contributed by atoms with E-state index in [2.05, 4.69) is 15.4 Å². The summed E-state index contributed by atoms with van der Waals surface area (Å²) in [5.74, 6) is -0.739. The Bertz CT molecular complexity index is 1040. The molecular formula is C20H24N4O3S. The SMILES string of the molecule is CCOC(=O)c1cc(CC)sc1NC(=O)c1cc2cnn(C(C)C)c2nc1C. The molecule has 0 aliphatic carbocycles. The predicted molar refractivity (Wildman–Crippen MR) is 110 cm³/mol. The first-order valence-corrected chi connectivity index (χ1v) is 10.1. The second-order valence-electron chi connectivity index (χ2n) is 6.70. The minimum Gasteiger partial charge on any atom is -0.462 e. The highest BCUT2D eigenvalue weighted by atomic mass is 32.1. The number of carbonyl (C=O) groups excluding carboxylic acids is 2. The predicted octanol–water partition coefficient (Wildman–Crippen LogP) is 4.37. The Labute approximate surface area is 167 Å². The number of thiophene rings is 1. The van der Waals surface area contributed by atoms with E-state index in [1.807, 2.05) is 25.5 Å². The molecule has 0 unspecified atom stereocenters. The Morgan fingerprint density at radius 2 is 2.00 bits per heavy atom. The molecule has 1 N–H and O–H groups in total. The van der Waals surface area contributed by atoms with Gasteiger partial charge in [-0.1, -0.05) is 6.92 Å². The van der Waals surface area contributed by atoms with Gasteiger partial charge in [-0.15, -0.1) is 11.3 Å². The summed E-state index contributed by atoms with van der Waals surface area (Å²) < 4.78 is 6.94. The smallest absolute Gasteiger partial charge is 0.341 e. The van der Waals surface area contributed by atoms with E-state index in [0.29, 0.717) is 21.8 Å².